The van der Waals surface area contributed by atoms with Gasteiger partial charge in [0.15, 0.2) is 0 Å². The Kier molecular flexibility index (Phi) is 34.0. The van der Waals surface area contributed by atoms with E-state index in [9.17, 15) is 14.4 Å². The number of carbonyl (C=O) groups is 3. The van der Waals surface area contributed by atoms with Crippen LogP contribution in [-0.4, -0.2) is 29.6 Å². The van der Waals surface area contributed by atoms with E-state index in [-0.39, 0.29) is 19.3 Å². The van der Waals surface area contributed by atoms with Crippen molar-refractivity contribution in [3.8, 4) is 0 Å². The van der Waals surface area contributed by atoms with E-state index in [1.54, 1.807) is 0 Å². The van der Waals surface area contributed by atoms with Crippen molar-refractivity contribution in [1.82, 2.24) is 0 Å². The van der Waals surface area contributed by atoms with Crippen LogP contribution in [0.25, 0.3) is 0 Å². The maximum absolute atomic E-state index is 13.5. The van der Waals surface area contributed by atoms with Gasteiger partial charge in [-0.05, 0) is 51.4 Å². The molecule has 0 rings (SSSR count). The molecule has 0 unspecified atom stereocenters. The van der Waals surface area contributed by atoms with Gasteiger partial charge in [-0.3, -0.25) is 14.4 Å². The molecule has 0 saturated carbocycles. The topological polar surface area (TPSA) is 95.7 Å². The van der Waals surface area contributed by atoms with Crippen LogP contribution in [0.15, 0.2) is 0 Å². The van der Waals surface area contributed by atoms with Gasteiger partial charge >= 0.3 is 17.9 Å². The summed E-state index contributed by atoms with van der Waals surface area (Å²) in [6.07, 6.45) is 36.5. The first-order chi connectivity index (χ1) is 23.8. The standard InChI is InChI=1S/C43H83NO5/c1-5-9-13-17-21-22-23-25-29-33-40(45)48-41(46)35-34-39(44)42(47)49-43(36-30-26-19-15-11-7-3,37-31-27-20-16-12-8-4)38-32-28-24-18-14-10-6-2/h39H,5-38,44H2,1-4H3/t39-/m0/s1. The van der Waals surface area contributed by atoms with Crippen molar-refractivity contribution in [1.29, 1.82) is 0 Å². The van der Waals surface area contributed by atoms with Crippen molar-refractivity contribution < 1.29 is 23.9 Å². The molecular weight excluding hydrogens is 610 g/mol. The molecule has 0 spiro atoms. The molecule has 0 aliphatic rings. The summed E-state index contributed by atoms with van der Waals surface area (Å²) in [6, 6.07) is -0.900. The Morgan fingerprint density at radius 2 is 0.755 bits per heavy atom. The number of unbranched alkanes of at least 4 members (excludes halogenated alkanes) is 24. The van der Waals surface area contributed by atoms with Crippen molar-refractivity contribution in [2.75, 3.05) is 0 Å². The molecule has 0 aliphatic carbocycles. The molecule has 6 nitrogen and oxygen atoms in total. The fourth-order valence-electron chi connectivity index (χ4n) is 6.88. The number of ether oxygens (including phenoxy) is 2. The third kappa shape index (κ3) is 30.0. The van der Waals surface area contributed by atoms with Crippen LogP contribution in [0.2, 0.25) is 0 Å². The molecule has 0 aliphatic heterocycles. The molecule has 0 radical (unpaired) electrons. The van der Waals surface area contributed by atoms with Gasteiger partial charge in [0.2, 0.25) is 0 Å². The summed E-state index contributed by atoms with van der Waals surface area (Å²) in [5, 5.41) is 0. The zero-order valence-corrected chi connectivity index (χ0v) is 33.2. The highest BCUT2D eigenvalue weighted by atomic mass is 16.6. The van der Waals surface area contributed by atoms with E-state index in [2.05, 4.69) is 27.7 Å². The molecule has 0 aromatic carbocycles. The van der Waals surface area contributed by atoms with E-state index in [4.69, 9.17) is 15.2 Å². The third-order valence-corrected chi connectivity index (χ3v) is 10.2. The molecule has 0 saturated heterocycles. The average Bonchev–Trinajstić information content (AvgIpc) is 3.09. The van der Waals surface area contributed by atoms with Gasteiger partial charge in [-0.2, -0.15) is 0 Å². The lowest BCUT2D eigenvalue weighted by atomic mass is 9.84. The first-order valence-corrected chi connectivity index (χ1v) is 21.6. The van der Waals surface area contributed by atoms with Crippen LogP contribution >= 0.6 is 0 Å². The Labute approximate surface area is 304 Å². The summed E-state index contributed by atoms with van der Waals surface area (Å²) >= 11 is 0. The van der Waals surface area contributed by atoms with E-state index >= 15 is 0 Å². The highest BCUT2D eigenvalue weighted by Gasteiger charge is 2.35. The average molecular weight is 694 g/mol. The molecule has 0 amide bonds. The van der Waals surface area contributed by atoms with Crippen LogP contribution in [-0.2, 0) is 23.9 Å². The molecular formula is C43H83NO5. The highest BCUT2D eigenvalue weighted by molar-refractivity contribution is 5.86. The normalized spacial score (nSPS) is 12.3. The summed E-state index contributed by atoms with van der Waals surface area (Å²) in [7, 11) is 0. The zero-order chi connectivity index (χ0) is 36.3. The van der Waals surface area contributed by atoms with Gasteiger partial charge in [-0.1, -0.05) is 182 Å². The minimum atomic E-state index is -0.900. The predicted octanol–water partition coefficient (Wildman–Crippen LogP) is 13.0. The Hall–Kier alpha value is -1.43. The van der Waals surface area contributed by atoms with Crippen molar-refractivity contribution in [2.24, 2.45) is 5.73 Å². The Bertz CT molecular complexity index is 753. The van der Waals surface area contributed by atoms with E-state index in [0.717, 1.165) is 70.6 Å². The monoisotopic (exact) mass is 694 g/mol. The largest absolute Gasteiger partial charge is 0.458 e. The summed E-state index contributed by atoms with van der Waals surface area (Å²) in [5.74, 6) is -1.48. The molecule has 49 heavy (non-hydrogen) atoms. The maximum atomic E-state index is 13.5. The number of nitrogens with two attached hydrogens (primary N) is 1. The first kappa shape index (κ1) is 47.6. The summed E-state index contributed by atoms with van der Waals surface area (Å²) < 4.78 is 11.5. The first-order valence-electron chi connectivity index (χ1n) is 21.6. The summed E-state index contributed by atoms with van der Waals surface area (Å²) in [4.78, 5) is 38.2. The summed E-state index contributed by atoms with van der Waals surface area (Å²) in [6.45, 7) is 8.96. The second kappa shape index (κ2) is 35.0. The molecule has 1 atom stereocenters. The quantitative estimate of drug-likeness (QED) is 0.0395. The van der Waals surface area contributed by atoms with Crippen LogP contribution < -0.4 is 5.73 Å². The molecule has 290 valence electrons. The van der Waals surface area contributed by atoms with Crippen LogP contribution in [0.4, 0.5) is 0 Å². The second-order valence-corrected chi connectivity index (χ2v) is 15.1. The van der Waals surface area contributed by atoms with Gasteiger partial charge in [0, 0.05) is 12.8 Å². The number of rotatable bonds is 37. The van der Waals surface area contributed by atoms with Gasteiger partial charge in [0.05, 0.1) is 0 Å². The molecule has 2 N–H and O–H groups in total. The Morgan fingerprint density at radius 3 is 1.12 bits per heavy atom. The fraction of sp³-hybridized carbons (Fsp3) is 0.930. The van der Waals surface area contributed by atoms with Crippen molar-refractivity contribution in [3.63, 3.8) is 0 Å². The van der Waals surface area contributed by atoms with Crippen molar-refractivity contribution in [3.05, 3.63) is 0 Å². The summed E-state index contributed by atoms with van der Waals surface area (Å²) in [5.41, 5.74) is 5.86. The Morgan fingerprint density at radius 1 is 0.449 bits per heavy atom. The smallest absolute Gasteiger partial charge is 0.323 e. The van der Waals surface area contributed by atoms with E-state index in [1.807, 2.05) is 0 Å². The van der Waals surface area contributed by atoms with E-state index in [1.165, 1.54) is 128 Å². The minimum absolute atomic E-state index is 0.0562. The lowest BCUT2D eigenvalue weighted by molar-refractivity contribution is -0.165. The predicted molar refractivity (Wildman–Crippen MR) is 208 cm³/mol. The van der Waals surface area contributed by atoms with Gasteiger partial charge in [-0.15, -0.1) is 0 Å². The number of hydrogen-bond acceptors (Lipinski definition) is 6. The van der Waals surface area contributed by atoms with Gasteiger partial charge < -0.3 is 15.2 Å². The van der Waals surface area contributed by atoms with Crippen LogP contribution in [0.3, 0.4) is 0 Å². The molecule has 0 heterocycles. The number of esters is 3. The highest BCUT2D eigenvalue weighted by Crippen LogP contribution is 2.34. The Balaban J connectivity index is 5.03. The van der Waals surface area contributed by atoms with Crippen molar-refractivity contribution in [2.45, 2.75) is 258 Å². The van der Waals surface area contributed by atoms with Gasteiger partial charge in [0.25, 0.3) is 0 Å². The van der Waals surface area contributed by atoms with Gasteiger partial charge in [0.1, 0.15) is 11.6 Å². The SMILES string of the molecule is CCCCCCCCCCCC(=O)OC(=O)CC[C@H](N)C(=O)OC(CCCCCCCC)(CCCCCCCC)CCCCCCCCC. The van der Waals surface area contributed by atoms with Crippen LogP contribution in [0.5, 0.6) is 0 Å². The lowest BCUT2D eigenvalue weighted by Gasteiger charge is -2.35. The number of hydrogen-bond donors (Lipinski definition) is 1. The lowest BCUT2D eigenvalue weighted by Crippen LogP contribution is -2.42. The minimum Gasteiger partial charge on any atom is -0.458 e. The third-order valence-electron chi connectivity index (χ3n) is 10.2. The van der Waals surface area contributed by atoms with Gasteiger partial charge in [-0.25, -0.2) is 0 Å². The number of carbonyl (C=O) groups excluding carboxylic acids is 3. The molecule has 0 bridgehead atoms. The van der Waals surface area contributed by atoms with E-state index in [0.29, 0.717) is 0 Å². The fourth-order valence-corrected chi connectivity index (χ4v) is 6.88. The van der Waals surface area contributed by atoms with Crippen LogP contribution in [0, 0.1) is 0 Å². The molecule has 0 aromatic rings. The maximum Gasteiger partial charge on any atom is 0.323 e. The molecule has 0 fully saturated rings. The van der Waals surface area contributed by atoms with E-state index < -0.39 is 29.6 Å². The van der Waals surface area contributed by atoms with Crippen molar-refractivity contribution >= 4 is 17.9 Å². The molecule has 6 heteroatoms. The molecule has 0 aromatic heterocycles. The van der Waals surface area contributed by atoms with Crippen LogP contribution in [0.1, 0.15) is 246 Å². The zero-order valence-electron chi connectivity index (χ0n) is 33.2. The second-order valence-electron chi connectivity index (χ2n) is 15.1.